The predicted octanol–water partition coefficient (Wildman–Crippen LogP) is 3.48. The Morgan fingerprint density at radius 2 is 2.17 bits per heavy atom. The van der Waals surface area contributed by atoms with E-state index in [9.17, 15) is 18.0 Å². The topological polar surface area (TPSA) is 88.5 Å². The molecule has 0 radical (unpaired) electrons. The molecule has 2 rings (SSSR count). The molecule has 1 aliphatic rings. The maximum absolute atomic E-state index is 12.7. The van der Waals surface area contributed by atoms with Gasteiger partial charge in [-0.3, -0.25) is 14.8 Å². The summed E-state index contributed by atoms with van der Waals surface area (Å²) in [4.78, 5) is 19.7. The molecule has 35 heavy (non-hydrogen) atoms. The number of methoxy groups -OCH3 is 1. The van der Waals surface area contributed by atoms with E-state index in [1.54, 1.807) is 26.2 Å². The minimum absolute atomic E-state index is 0. The number of allylic oxidation sites excluding steroid dienone is 1. The van der Waals surface area contributed by atoms with Crippen molar-refractivity contribution >= 4 is 17.4 Å². The van der Waals surface area contributed by atoms with Gasteiger partial charge in [-0.25, -0.2) is 0 Å². The molecule has 2 heterocycles. The van der Waals surface area contributed by atoms with E-state index >= 15 is 0 Å². The molecule has 9 nitrogen and oxygen atoms in total. The first-order valence-corrected chi connectivity index (χ1v) is 11.0. The Morgan fingerprint density at radius 1 is 1.43 bits per heavy atom. The Morgan fingerprint density at radius 3 is 2.80 bits per heavy atom. The quantitative estimate of drug-likeness (QED) is 0.367. The van der Waals surface area contributed by atoms with Crippen molar-refractivity contribution in [2.24, 2.45) is 4.99 Å². The van der Waals surface area contributed by atoms with E-state index < -0.39 is 12.8 Å². The summed E-state index contributed by atoms with van der Waals surface area (Å²) in [5.41, 5.74) is 2.20. The maximum Gasteiger partial charge on any atom is 0.422 e. The number of carbonyl (C=O) groups excluding carboxylic acids is 1. The summed E-state index contributed by atoms with van der Waals surface area (Å²) in [7, 11) is 1.56. The van der Waals surface area contributed by atoms with Gasteiger partial charge in [0.25, 0.3) is 0 Å². The van der Waals surface area contributed by atoms with Crippen LogP contribution in [0.4, 0.5) is 19.0 Å². The fourth-order valence-corrected chi connectivity index (χ4v) is 3.29. The summed E-state index contributed by atoms with van der Waals surface area (Å²) in [6.45, 7) is 8.90. The van der Waals surface area contributed by atoms with Gasteiger partial charge in [-0.1, -0.05) is 12.7 Å². The summed E-state index contributed by atoms with van der Waals surface area (Å²) in [6.07, 6.45) is -0.939. The number of aromatic nitrogens is 1. The molecule has 1 aromatic rings. The fraction of sp³-hybridized carbons (Fsp3) is 0.522. The van der Waals surface area contributed by atoms with Crippen molar-refractivity contribution in [1.29, 1.82) is 0 Å². The Labute approximate surface area is 204 Å². The number of anilines is 1. The zero-order valence-electron chi connectivity index (χ0n) is 20.4. The number of hydrogen-bond acceptors (Lipinski definition) is 8. The van der Waals surface area contributed by atoms with Crippen molar-refractivity contribution in [2.45, 2.75) is 39.6 Å². The van der Waals surface area contributed by atoms with E-state index in [1.165, 1.54) is 13.0 Å². The number of aliphatic imine (C=N–C) groups is 1. The average Bonchev–Trinajstić information content (AvgIpc) is 2.97. The van der Waals surface area contributed by atoms with Crippen LogP contribution in [0.5, 0.6) is 5.88 Å². The van der Waals surface area contributed by atoms with Crippen LogP contribution in [-0.4, -0.2) is 74.1 Å². The van der Waals surface area contributed by atoms with Crippen molar-refractivity contribution in [3.8, 4) is 5.88 Å². The van der Waals surface area contributed by atoms with Crippen LogP contribution in [0.3, 0.4) is 0 Å². The normalized spacial score (nSPS) is 16.4. The second-order valence-electron chi connectivity index (χ2n) is 7.78. The molecular formula is C23H34F3N5O4. The summed E-state index contributed by atoms with van der Waals surface area (Å²) in [5.74, 6) is 0.104. The number of ether oxygens (including phenoxy) is 3. The number of amides is 1. The molecule has 0 fully saturated rings. The fourth-order valence-electron chi connectivity index (χ4n) is 3.29. The molecule has 1 amide bonds. The molecule has 1 aliphatic heterocycles. The van der Waals surface area contributed by atoms with Crippen LogP contribution in [0.2, 0.25) is 0 Å². The highest BCUT2D eigenvalue weighted by Crippen LogP contribution is 2.30. The van der Waals surface area contributed by atoms with Crippen molar-refractivity contribution in [3.05, 3.63) is 42.0 Å². The monoisotopic (exact) mass is 501 g/mol. The van der Waals surface area contributed by atoms with E-state index in [2.05, 4.69) is 21.9 Å². The lowest BCUT2D eigenvalue weighted by Crippen LogP contribution is -2.50. The highest BCUT2D eigenvalue weighted by molar-refractivity contribution is 5.94. The van der Waals surface area contributed by atoms with Gasteiger partial charge in [-0.05, 0) is 31.6 Å². The van der Waals surface area contributed by atoms with Crippen molar-refractivity contribution in [2.75, 3.05) is 45.3 Å². The van der Waals surface area contributed by atoms with Gasteiger partial charge in [0, 0.05) is 32.8 Å². The summed E-state index contributed by atoms with van der Waals surface area (Å²) in [6, 6.07) is 2.76. The van der Waals surface area contributed by atoms with Crippen LogP contribution in [0.1, 0.15) is 27.8 Å². The number of rotatable bonds is 11. The van der Waals surface area contributed by atoms with Crippen LogP contribution >= 0.6 is 0 Å². The van der Waals surface area contributed by atoms with Gasteiger partial charge in [0.2, 0.25) is 11.8 Å². The van der Waals surface area contributed by atoms with Crippen molar-refractivity contribution in [1.82, 2.24) is 15.3 Å². The van der Waals surface area contributed by atoms with Crippen LogP contribution < -0.4 is 15.1 Å². The first-order chi connectivity index (χ1) is 16.6. The first-order valence-electron chi connectivity index (χ1n) is 11.0. The van der Waals surface area contributed by atoms with Gasteiger partial charge in [0.15, 0.2) is 12.4 Å². The lowest BCUT2D eigenvalue weighted by atomic mass is 10.1. The Kier molecular flexibility index (Phi) is 10.7. The number of pyridine rings is 1. The molecule has 0 bridgehead atoms. The SMILES string of the molecule is C=C/C(=C\C(C)=N/CNC(C)=O)C(C)N1COCc2ccc(OCC(F)(F)F)nc2N1CCOC.[HH]. The molecule has 0 saturated heterocycles. The second-order valence-corrected chi connectivity index (χ2v) is 7.78. The van der Waals surface area contributed by atoms with E-state index in [0.717, 1.165) is 5.57 Å². The Balaban J connectivity index is 0.00000648. The molecule has 1 atom stereocenters. The minimum atomic E-state index is -4.48. The van der Waals surface area contributed by atoms with Crippen molar-refractivity contribution in [3.63, 3.8) is 0 Å². The van der Waals surface area contributed by atoms with Crippen LogP contribution in [0, 0.1) is 0 Å². The molecule has 0 aliphatic carbocycles. The van der Waals surface area contributed by atoms with Gasteiger partial charge in [0.05, 0.1) is 25.8 Å². The summed E-state index contributed by atoms with van der Waals surface area (Å²) < 4.78 is 53.9. The molecule has 0 aromatic carbocycles. The largest absolute Gasteiger partial charge is 0.468 e. The van der Waals surface area contributed by atoms with Gasteiger partial charge in [0.1, 0.15) is 13.4 Å². The molecule has 12 heteroatoms. The highest BCUT2D eigenvalue weighted by atomic mass is 19.4. The van der Waals surface area contributed by atoms with Gasteiger partial charge in [-0.15, -0.1) is 0 Å². The van der Waals surface area contributed by atoms with E-state index in [4.69, 9.17) is 14.2 Å². The Hall–Kier alpha value is -2.96. The lowest BCUT2D eigenvalue weighted by Gasteiger charge is -2.38. The first kappa shape index (κ1) is 28.3. The molecule has 1 aromatic heterocycles. The number of alkyl halides is 3. The third-order valence-corrected chi connectivity index (χ3v) is 5.05. The van der Waals surface area contributed by atoms with Crippen LogP contribution in [0.15, 0.2) is 41.4 Å². The average molecular weight is 502 g/mol. The van der Waals surface area contributed by atoms with Gasteiger partial charge >= 0.3 is 6.18 Å². The molecule has 1 N–H and O–H groups in total. The Bertz CT molecular complexity index is 943. The minimum Gasteiger partial charge on any atom is -0.468 e. The summed E-state index contributed by atoms with van der Waals surface area (Å²) in [5, 5.41) is 6.32. The predicted molar refractivity (Wildman–Crippen MR) is 128 cm³/mol. The zero-order valence-corrected chi connectivity index (χ0v) is 20.4. The third-order valence-electron chi connectivity index (χ3n) is 5.05. The molecule has 0 saturated carbocycles. The van der Waals surface area contributed by atoms with Crippen molar-refractivity contribution < 1.29 is 33.6 Å². The number of hydrazine groups is 1. The number of carbonyl (C=O) groups is 1. The van der Waals surface area contributed by atoms with E-state index in [0.29, 0.717) is 30.2 Å². The number of nitrogens with one attached hydrogen (secondary N) is 1. The smallest absolute Gasteiger partial charge is 0.422 e. The number of hydrogen-bond donors (Lipinski definition) is 1. The lowest BCUT2D eigenvalue weighted by molar-refractivity contribution is -0.154. The molecule has 196 valence electrons. The van der Waals surface area contributed by atoms with Gasteiger partial charge in [-0.2, -0.15) is 23.2 Å². The van der Waals surface area contributed by atoms with E-state index in [-0.39, 0.29) is 39.3 Å². The second kappa shape index (κ2) is 13.2. The van der Waals surface area contributed by atoms with Crippen LogP contribution in [-0.2, 0) is 20.9 Å². The third kappa shape index (κ3) is 8.96. The highest BCUT2D eigenvalue weighted by Gasteiger charge is 2.31. The molecule has 1 unspecified atom stereocenters. The maximum atomic E-state index is 12.7. The zero-order chi connectivity index (χ0) is 26.0. The summed E-state index contributed by atoms with van der Waals surface area (Å²) >= 11 is 0. The number of fused-ring (bicyclic) bond motifs is 1. The molecular weight excluding hydrogens is 467 g/mol. The molecule has 0 spiro atoms. The van der Waals surface area contributed by atoms with E-state index in [1.807, 2.05) is 23.0 Å². The number of halogens is 3. The van der Waals surface area contributed by atoms with Gasteiger partial charge < -0.3 is 19.5 Å². The van der Waals surface area contributed by atoms with Crippen LogP contribution in [0.25, 0.3) is 0 Å². The standard InChI is InChI=1S/C23H32F3N5O4.H2/c1-6-19(11-16(2)27-14-28-18(4)32)17(3)31-15-34-12-20-7-8-21(35-13-23(24,25)26)29-22(20)30(31)9-10-33-5;/h6-8,11,17H,1,9-10,12-15H2,2-5H3,(H,28,32);1H/b19-11+,27-16-;. The number of nitrogens with zero attached hydrogens (tertiary/aromatic N) is 4.